The highest BCUT2D eigenvalue weighted by Gasteiger charge is 2.28. The predicted octanol–water partition coefficient (Wildman–Crippen LogP) is 4.60. The van der Waals surface area contributed by atoms with Gasteiger partial charge in [0.15, 0.2) is 17.8 Å². The number of nitrogens with zero attached hydrogens (tertiary/aromatic N) is 5. The third kappa shape index (κ3) is 3.82. The lowest BCUT2D eigenvalue weighted by Crippen LogP contribution is -2.47. The number of halogens is 3. The van der Waals surface area contributed by atoms with E-state index in [0.717, 1.165) is 24.3 Å². The summed E-state index contributed by atoms with van der Waals surface area (Å²) in [5.74, 6) is 0.0235. The summed E-state index contributed by atoms with van der Waals surface area (Å²) in [7, 11) is 0. The van der Waals surface area contributed by atoms with Crippen LogP contribution >= 0.6 is 23.2 Å². The fourth-order valence-electron chi connectivity index (χ4n) is 3.71. The van der Waals surface area contributed by atoms with Crippen LogP contribution in [0.4, 0.5) is 10.2 Å². The van der Waals surface area contributed by atoms with E-state index in [1.165, 1.54) is 24.5 Å². The third-order valence-electron chi connectivity index (χ3n) is 5.53. The Hall–Kier alpha value is -3.45. The molecule has 1 aliphatic heterocycles. The van der Waals surface area contributed by atoms with Crippen LogP contribution in [0.15, 0.2) is 42.9 Å². The number of nitrogens with two attached hydrogens (primary N) is 1. The van der Waals surface area contributed by atoms with Crippen LogP contribution in [-0.2, 0) is 0 Å². The molecular weight excluding hydrogens is 468 g/mol. The van der Waals surface area contributed by atoms with Crippen molar-refractivity contribution in [3.05, 3.63) is 64.3 Å². The summed E-state index contributed by atoms with van der Waals surface area (Å²) < 4.78 is 20.4. The van der Waals surface area contributed by atoms with Crippen LogP contribution in [0.5, 0.6) is 5.75 Å². The monoisotopic (exact) mass is 483 g/mol. The van der Waals surface area contributed by atoms with Gasteiger partial charge in [0.1, 0.15) is 17.6 Å². The van der Waals surface area contributed by atoms with E-state index in [2.05, 4.69) is 26.2 Å². The molecule has 1 saturated heterocycles. The summed E-state index contributed by atoms with van der Waals surface area (Å²) in [5.41, 5.74) is 8.19. The van der Waals surface area contributed by atoms with E-state index >= 15 is 0 Å². The van der Waals surface area contributed by atoms with Gasteiger partial charge in [-0.15, -0.1) is 0 Å². The number of anilines is 1. The number of ether oxygens (including phenoxy) is 1. The molecular formula is C22H16Cl2FN7O. The van der Waals surface area contributed by atoms with Crippen molar-refractivity contribution in [2.24, 2.45) is 5.73 Å². The Bertz CT molecular complexity index is 1370. The predicted molar refractivity (Wildman–Crippen MR) is 122 cm³/mol. The van der Waals surface area contributed by atoms with Gasteiger partial charge in [-0.3, -0.25) is 15.8 Å². The van der Waals surface area contributed by atoms with Crippen molar-refractivity contribution >= 4 is 39.9 Å². The number of rotatable bonds is 5. The van der Waals surface area contributed by atoms with Crippen LogP contribution in [0.1, 0.15) is 18.2 Å². The molecule has 0 aliphatic carbocycles. The Labute approximate surface area is 197 Å². The lowest BCUT2D eigenvalue weighted by molar-refractivity contribution is 0.205. The van der Waals surface area contributed by atoms with Crippen molar-refractivity contribution in [3.63, 3.8) is 0 Å². The second-order valence-corrected chi connectivity index (χ2v) is 8.30. The minimum atomic E-state index is -1.11. The van der Waals surface area contributed by atoms with E-state index in [4.69, 9.17) is 38.9 Å². The van der Waals surface area contributed by atoms with Crippen molar-refractivity contribution < 1.29 is 9.13 Å². The molecule has 8 nitrogen and oxygen atoms in total. The van der Waals surface area contributed by atoms with E-state index in [-0.39, 0.29) is 21.8 Å². The third-order valence-corrected chi connectivity index (χ3v) is 6.13. The molecule has 0 bridgehead atoms. The highest BCUT2D eigenvalue weighted by Crippen LogP contribution is 2.35. The van der Waals surface area contributed by atoms with Crippen LogP contribution in [0.25, 0.3) is 22.2 Å². The second kappa shape index (κ2) is 8.48. The average Bonchev–Trinajstić information content (AvgIpc) is 3.16. The molecule has 11 heteroatoms. The van der Waals surface area contributed by atoms with Gasteiger partial charge in [0.2, 0.25) is 0 Å². The Morgan fingerprint density at radius 2 is 2.03 bits per heavy atom. The van der Waals surface area contributed by atoms with E-state index < -0.39 is 12.0 Å². The lowest BCUT2D eigenvalue weighted by atomic mass is 10.0. The van der Waals surface area contributed by atoms with Gasteiger partial charge in [-0.05, 0) is 24.6 Å². The van der Waals surface area contributed by atoms with E-state index in [1.807, 2.05) is 17.0 Å². The Kier molecular flexibility index (Phi) is 5.50. The molecule has 0 amide bonds. The molecule has 166 valence electrons. The van der Waals surface area contributed by atoms with E-state index in [1.54, 1.807) is 6.20 Å². The van der Waals surface area contributed by atoms with Crippen molar-refractivity contribution in [1.29, 1.82) is 5.26 Å². The van der Waals surface area contributed by atoms with Gasteiger partial charge in [-0.1, -0.05) is 23.2 Å². The maximum Gasteiger partial charge on any atom is 0.177 e. The quantitative estimate of drug-likeness (QED) is 0.398. The highest BCUT2D eigenvalue weighted by molar-refractivity contribution is 6.35. The minimum Gasteiger partial charge on any atom is -0.468 e. The minimum absolute atomic E-state index is 0.0800. The molecule has 3 N–H and O–H groups in total. The van der Waals surface area contributed by atoms with Gasteiger partial charge in [0.05, 0.1) is 21.6 Å². The van der Waals surface area contributed by atoms with Gasteiger partial charge in [-0.2, -0.15) is 10.4 Å². The van der Waals surface area contributed by atoms with Crippen molar-refractivity contribution in [2.45, 2.75) is 18.7 Å². The molecule has 1 fully saturated rings. The summed E-state index contributed by atoms with van der Waals surface area (Å²) in [6.07, 6.45) is 4.16. The maximum atomic E-state index is 14.7. The van der Waals surface area contributed by atoms with Crippen LogP contribution < -0.4 is 15.4 Å². The molecule has 1 aliphatic rings. The Morgan fingerprint density at radius 3 is 2.67 bits per heavy atom. The van der Waals surface area contributed by atoms with Crippen LogP contribution in [-0.4, -0.2) is 32.8 Å². The van der Waals surface area contributed by atoms with Gasteiger partial charge < -0.3 is 9.64 Å². The number of H-pyrrole nitrogens is 1. The molecule has 3 aromatic heterocycles. The smallest absolute Gasteiger partial charge is 0.177 e. The lowest BCUT2D eigenvalue weighted by Gasteiger charge is -2.37. The number of hydrogen-bond acceptors (Lipinski definition) is 7. The topological polar surface area (TPSA) is 117 Å². The number of benzene rings is 1. The SMILES string of the molecule is N#CC1CCN1c1ccc(-c2n[nH]c3cc(F)c(O[C@H](N)c4c(Cl)cncc4Cl)cc23)cn1. The summed E-state index contributed by atoms with van der Waals surface area (Å²) in [6.45, 7) is 0.793. The summed E-state index contributed by atoms with van der Waals surface area (Å²) >= 11 is 12.3. The molecule has 0 spiro atoms. The van der Waals surface area contributed by atoms with E-state index in [0.29, 0.717) is 22.2 Å². The molecule has 0 saturated carbocycles. The Morgan fingerprint density at radius 1 is 1.24 bits per heavy atom. The number of aromatic nitrogens is 4. The molecule has 4 heterocycles. The second-order valence-electron chi connectivity index (χ2n) is 7.49. The van der Waals surface area contributed by atoms with E-state index in [9.17, 15) is 4.39 Å². The van der Waals surface area contributed by atoms with Crippen LogP contribution in [0.3, 0.4) is 0 Å². The van der Waals surface area contributed by atoms with Gasteiger partial charge >= 0.3 is 0 Å². The molecule has 5 rings (SSSR count). The maximum absolute atomic E-state index is 14.7. The molecule has 0 radical (unpaired) electrons. The van der Waals surface area contributed by atoms with Crippen molar-refractivity contribution in [1.82, 2.24) is 20.2 Å². The molecule has 1 unspecified atom stereocenters. The fraction of sp³-hybridized carbons (Fsp3) is 0.182. The van der Waals surface area contributed by atoms with Crippen LogP contribution in [0.2, 0.25) is 10.0 Å². The molecule has 33 heavy (non-hydrogen) atoms. The van der Waals surface area contributed by atoms with Crippen molar-refractivity contribution in [3.8, 4) is 23.1 Å². The summed E-state index contributed by atoms with van der Waals surface area (Å²) in [4.78, 5) is 10.3. The van der Waals surface area contributed by atoms with Gasteiger partial charge in [-0.25, -0.2) is 9.37 Å². The number of nitriles is 1. The van der Waals surface area contributed by atoms with Crippen molar-refractivity contribution in [2.75, 3.05) is 11.4 Å². The zero-order valence-electron chi connectivity index (χ0n) is 17.0. The normalized spacial score (nSPS) is 16.3. The number of aromatic amines is 1. The first-order valence-electron chi connectivity index (χ1n) is 9.97. The zero-order chi connectivity index (χ0) is 23.1. The standard InChI is InChI=1S/C22H16Cl2FN7O/c23-14-9-28-10-15(24)20(14)22(27)33-18-5-13-17(6-16(18)25)30-31-21(13)11-1-2-19(29-8-11)32-4-3-12(32)7-26/h1-2,5-6,8-10,12,22H,3-4,27H2,(H,30,31)/t12?,22-/m0/s1. The molecule has 2 atom stereocenters. The number of pyridine rings is 2. The summed E-state index contributed by atoms with van der Waals surface area (Å²) in [6, 6.07) is 8.59. The van der Waals surface area contributed by atoms with Gasteiger partial charge in [0, 0.05) is 47.7 Å². The first-order valence-corrected chi connectivity index (χ1v) is 10.7. The number of fused-ring (bicyclic) bond motifs is 1. The molecule has 4 aromatic rings. The summed E-state index contributed by atoms with van der Waals surface area (Å²) in [5, 5.41) is 17.4. The largest absolute Gasteiger partial charge is 0.468 e. The first kappa shape index (κ1) is 21.4. The molecule has 1 aromatic carbocycles. The number of nitrogens with one attached hydrogen (secondary N) is 1. The first-order chi connectivity index (χ1) is 16.0. The van der Waals surface area contributed by atoms with Crippen LogP contribution in [0, 0.1) is 17.1 Å². The Balaban J connectivity index is 1.46. The average molecular weight is 484 g/mol. The fourth-order valence-corrected chi connectivity index (χ4v) is 4.29. The number of hydrogen-bond donors (Lipinski definition) is 2. The highest BCUT2D eigenvalue weighted by atomic mass is 35.5. The van der Waals surface area contributed by atoms with Gasteiger partial charge in [0.25, 0.3) is 0 Å². The zero-order valence-corrected chi connectivity index (χ0v) is 18.5.